The summed E-state index contributed by atoms with van der Waals surface area (Å²) in [6.07, 6.45) is 0. The molecule has 90 valence electrons. The van der Waals surface area contributed by atoms with Gasteiger partial charge in [0.05, 0.1) is 25.4 Å². The van der Waals surface area contributed by atoms with E-state index in [1.165, 1.54) is 0 Å². The molecule has 0 fully saturated rings. The van der Waals surface area contributed by atoms with Gasteiger partial charge in [0.15, 0.2) is 0 Å². The van der Waals surface area contributed by atoms with Crippen molar-refractivity contribution in [3.63, 3.8) is 0 Å². The predicted molar refractivity (Wildman–Crippen MR) is 63.5 cm³/mol. The molecule has 6 heteroatoms. The second kappa shape index (κ2) is 7.03. The molecule has 1 aromatic rings. The molecule has 1 rings (SSSR count). The lowest BCUT2D eigenvalue weighted by molar-refractivity contribution is -0.122. The maximum atomic E-state index is 11.2. The second-order valence-corrected chi connectivity index (χ2v) is 3.18. The van der Waals surface area contributed by atoms with Gasteiger partial charge in [-0.15, -0.1) is 12.4 Å². The molecule has 0 aromatic carbocycles. The standard InChI is InChI=1S/C10H15N3O2.ClH/c1-7(11)10(14)12-6-8-4-3-5-9(13-8)15-2;/h3-5,7H,6,11H2,1-2H3,(H,12,14);1H. The molecule has 5 nitrogen and oxygen atoms in total. The summed E-state index contributed by atoms with van der Waals surface area (Å²) < 4.78 is 4.96. The van der Waals surface area contributed by atoms with Gasteiger partial charge in [-0.3, -0.25) is 4.79 Å². The average Bonchev–Trinajstić information content (AvgIpc) is 2.26. The Balaban J connectivity index is 0.00000225. The van der Waals surface area contributed by atoms with Gasteiger partial charge in [0, 0.05) is 6.07 Å². The van der Waals surface area contributed by atoms with Crippen LogP contribution in [0.4, 0.5) is 0 Å². The lowest BCUT2D eigenvalue weighted by atomic mass is 10.3. The Kier molecular flexibility index (Phi) is 6.44. The van der Waals surface area contributed by atoms with Gasteiger partial charge in [0.25, 0.3) is 0 Å². The fourth-order valence-electron chi connectivity index (χ4n) is 1.01. The van der Waals surface area contributed by atoms with E-state index < -0.39 is 6.04 Å². The highest BCUT2D eigenvalue weighted by Crippen LogP contribution is 2.05. The summed E-state index contributed by atoms with van der Waals surface area (Å²) in [6.45, 7) is 1.99. The molecular weight excluding hydrogens is 230 g/mol. The Morgan fingerprint density at radius 3 is 2.88 bits per heavy atom. The number of pyridine rings is 1. The van der Waals surface area contributed by atoms with Crippen molar-refractivity contribution in [2.45, 2.75) is 19.5 Å². The first-order chi connectivity index (χ1) is 7.13. The van der Waals surface area contributed by atoms with E-state index in [0.29, 0.717) is 12.4 Å². The van der Waals surface area contributed by atoms with Crippen LogP contribution in [0.2, 0.25) is 0 Å². The van der Waals surface area contributed by atoms with Crippen LogP contribution in [0.1, 0.15) is 12.6 Å². The highest BCUT2D eigenvalue weighted by Gasteiger charge is 2.06. The summed E-state index contributed by atoms with van der Waals surface area (Å²) in [5.41, 5.74) is 6.14. The third-order valence-corrected chi connectivity index (χ3v) is 1.85. The number of nitrogens with one attached hydrogen (secondary N) is 1. The van der Waals surface area contributed by atoms with Crippen molar-refractivity contribution < 1.29 is 9.53 Å². The van der Waals surface area contributed by atoms with Crippen molar-refractivity contribution in [2.24, 2.45) is 5.73 Å². The Morgan fingerprint density at radius 1 is 1.62 bits per heavy atom. The highest BCUT2D eigenvalue weighted by atomic mass is 35.5. The fourth-order valence-corrected chi connectivity index (χ4v) is 1.01. The minimum absolute atomic E-state index is 0. The molecule has 1 amide bonds. The number of hydrogen-bond acceptors (Lipinski definition) is 4. The summed E-state index contributed by atoms with van der Waals surface area (Å²) in [5, 5.41) is 2.67. The fraction of sp³-hybridized carbons (Fsp3) is 0.400. The predicted octanol–water partition coefficient (Wildman–Crippen LogP) is 0.475. The first-order valence-electron chi connectivity index (χ1n) is 4.66. The molecule has 0 saturated heterocycles. The van der Waals surface area contributed by atoms with Crippen LogP contribution in [-0.2, 0) is 11.3 Å². The third-order valence-electron chi connectivity index (χ3n) is 1.85. The molecular formula is C10H16ClN3O2. The van der Waals surface area contributed by atoms with Gasteiger partial charge in [-0.05, 0) is 13.0 Å². The van der Waals surface area contributed by atoms with Crippen molar-refractivity contribution >= 4 is 18.3 Å². The minimum atomic E-state index is -0.504. The van der Waals surface area contributed by atoms with Gasteiger partial charge in [0.2, 0.25) is 11.8 Å². The van der Waals surface area contributed by atoms with Crippen molar-refractivity contribution in [2.75, 3.05) is 7.11 Å². The molecule has 3 N–H and O–H groups in total. The molecule has 1 heterocycles. The third kappa shape index (κ3) is 4.46. The number of nitrogens with zero attached hydrogens (tertiary/aromatic N) is 1. The van der Waals surface area contributed by atoms with Crippen molar-refractivity contribution in [1.29, 1.82) is 0 Å². The van der Waals surface area contributed by atoms with Crippen molar-refractivity contribution in [3.8, 4) is 5.88 Å². The van der Waals surface area contributed by atoms with E-state index in [4.69, 9.17) is 10.5 Å². The van der Waals surface area contributed by atoms with E-state index >= 15 is 0 Å². The van der Waals surface area contributed by atoms with Crippen molar-refractivity contribution in [3.05, 3.63) is 23.9 Å². The lowest BCUT2D eigenvalue weighted by Crippen LogP contribution is -2.37. The Morgan fingerprint density at radius 2 is 2.31 bits per heavy atom. The van der Waals surface area contributed by atoms with Crippen LogP contribution < -0.4 is 15.8 Å². The Labute approximate surface area is 101 Å². The minimum Gasteiger partial charge on any atom is -0.481 e. The molecule has 1 atom stereocenters. The highest BCUT2D eigenvalue weighted by molar-refractivity contribution is 5.85. The van der Waals surface area contributed by atoms with E-state index in [-0.39, 0.29) is 18.3 Å². The summed E-state index contributed by atoms with van der Waals surface area (Å²) in [6, 6.07) is 4.87. The van der Waals surface area contributed by atoms with E-state index in [9.17, 15) is 4.79 Å². The number of hydrogen-bond donors (Lipinski definition) is 2. The smallest absolute Gasteiger partial charge is 0.236 e. The Bertz CT molecular complexity index is 345. The summed E-state index contributed by atoms with van der Waals surface area (Å²) >= 11 is 0. The maximum Gasteiger partial charge on any atom is 0.236 e. The number of carbonyl (C=O) groups is 1. The molecule has 0 spiro atoms. The second-order valence-electron chi connectivity index (χ2n) is 3.18. The zero-order valence-corrected chi connectivity index (χ0v) is 10.1. The van der Waals surface area contributed by atoms with Crippen molar-refractivity contribution in [1.82, 2.24) is 10.3 Å². The molecule has 0 aliphatic rings. The normalized spacial score (nSPS) is 11.2. The molecule has 1 aromatic heterocycles. The molecule has 0 radical (unpaired) electrons. The first-order valence-corrected chi connectivity index (χ1v) is 4.66. The van der Waals surface area contributed by atoms with Crippen LogP contribution in [0.5, 0.6) is 5.88 Å². The number of rotatable bonds is 4. The lowest BCUT2D eigenvalue weighted by Gasteiger charge is -2.07. The van der Waals surface area contributed by atoms with Crippen LogP contribution >= 0.6 is 12.4 Å². The van der Waals surface area contributed by atoms with E-state index in [1.807, 2.05) is 12.1 Å². The van der Waals surface area contributed by atoms with E-state index in [0.717, 1.165) is 5.69 Å². The number of methoxy groups -OCH3 is 1. The van der Waals surface area contributed by atoms with Gasteiger partial charge >= 0.3 is 0 Å². The van der Waals surface area contributed by atoms with E-state index in [2.05, 4.69) is 10.3 Å². The number of nitrogens with two attached hydrogens (primary N) is 1. The Hall–Kier alpha value is -1.33. The zero-order chi connectivity index (χ0) is 11.3. The van der Waals surface area contributed by atoms with Gasteiger partial charge in [-0.2, -0.15) is 0 Å². The maximum absolute atomic E-state index is 11.2. The zero-order valence-electron chi connectivity index (χ0n) is 9.27. The number of ether oxygens (including phenoxy) is 1. The molecule has 0 bridgehead atoms. The monoisotopic (exact) mass is 245 g/mol. The average molecular weight is 246 g/mol. The molecule has 0 saturated carbocycles. The van der Waals surface area contributed by atoms with Crippen LogP contribution in [0.15, 0.2) is 18.2 Å². The van der Waals surface area contributed by atoms with Gasteiger partial charge in [0.1, 0.15) is 0 Å². The first kappa shape index (κ1) is 14.7. The number of halogens is 1. The summed E-state index contributed by atoms with van der Waals surface area (Å²) in [7, 11) is 1.55. The van der Waals surface area contributed by atoms with Crippen LogP contribution in [0.3, 0.4) is 0 Å². The van der Waals surface area contributed by atoms with E-state index in [1.54, 1.807) is 20.1 Å². The van der Waals surface area contributed by atoms with Crippen LogP contribution in [0, 0.1) is 0 Å². The number of aromatic nitrogens is 1. The SMILES string of the molecule is COc1cccc(CNC(=O)C(C)N)n1.Cl. The van der Waals surface area contributed by atoms with Gasteiger partial charge < -0.3 is 15.8 Å². The topological polar surface area (TPSA) is 77.2 Å². The number of carbonyl (C=O) groups excluding carboxylic acids is 1. The number of amides is 1. The molecule has 1 unspecified atom stereocenters. The summed E-state index contributed by atoms with van der Waals surface area (Å²) in [4.78, 5) is 15.3. The summed E-state index contributed by atoms with van der Waals surface area (Å²) in [5.74, 6) is 0.335. The molecule has 0 aliphatic carbocycles. The largest absolute Gasteiger partial charge is 0.481 e. The molecule has 0 aliphatic heterocycles. The van der Waals surface area contributed by atoms with Crippen LogP contribution in [0.25, 0.3) is 0 Å². The quantitative estimate of drug-likeness (QED) is 0.809. The van der Waals surface area contributed by atoms with Gasteiger partial charge in [-0.1, -0.05) is 6.07 Å². The van der Waals surface area contributed by atoms with Crippen LogP contribution in [-0.4, -0.2) is 24.0 Å². The van der Waals surface area contributed by atoms with Gasteiger partial charge in [-0.25, -0.2) is 4.98 Å². The molecule has 16 heavy (non-hydrogen) atoms.